The van der Waals surface area contributed by atoms with Gasteiger partial charge in [-0.3, -0.25) is 9.59 Å². The van der Waals surface area contributed by atoms with Crippen molar-refractivity contribution in [1.29, 1.82) is 0 Å². The highest BCUT2D eigenvalue weighted by Crippen LogP contribution is 2.29. The van der Waals surface area contributed by atoms with Gasteiger partial charge in [0.25, 0.3) is 5.91 Å². The summed E-state index contributed by atoms with van der Waals surface area (Å²) in [6, 6.07) is 5.89. The first kappa shape index (κ1) is 18.9. The van der Waals surface area contributed by atoms with Crippen molar-refractivity contribution >= 4 is 11.9 Å². The van der Waals surface area contributed by atoms with E-state index in [9.17, 15) is 22.8 Å². The normalized spacial score (nSPS) is 15.7. The quantitative estimate of drug-likeness (QED) is 0.872. The first-order valence-electron chi connectivity index (χ1n) is 8.26. The van der Waals surface area contributed by atoms with E-state index < -0.39 is 18.0 Å². The third-order valence-corrected chi connectivity index (χ3v) is 4.42. The molecule has 1 amide bonds. The molecule has 0 saturated carbocycles. The van der Waals surface area contributed by atoms with Crippen LogP contribution >= 0.6 is 0 Å². The van der Waals surface area contributed by atoms with Gasteiger partial charge in [-0.25, -0.2) is 0 Å². The van der Waals surface area contributed by atoms with Crippen molar-refractivity contribution in [3.63, 3.8) is 0 Å². The molecular formula is C17H16F3N3O4. The minimum Gasteiger partial charge on any atom is -0.481 e. The summed E-state index contributed by atoms with van der Waals surface area (Å²) in [5, 5.41) is 12.1. The van der Waals surface area contributed by atoms with E-state index in [4.69, 9.17) is 5.11 Å². The smallest absolute Gasteiger partial charge is 0.471 e. The second-order valence-corrected chi connectivity index (χ2v) is 6.33. The molecule has 0 aliphatic carbocycles. The molecule has 0 spiro atoms. The summed E-state index contributed by atoms with van der Waals surface area (Å²) in [6.07, 6.45) is -3.37. The average Bonchev–Trinajstić information content (AvgIpc) is 3.12. The van der Waals surface area contributed by atoms with Crippen LogP contribution in [0.25, 0.3) is 11.4 Å². The first-order chi connectivity index (χ1) is 12.7. The van der Waals surface area contributed by atoms with Gasteiger partial charge >= 0.3 is 18.0 Å². The summed E-state index contributed by atoms with van der Waals surface area (Å²) in [7, 11) is 0. The molecule has 27 heavy (non-hydrogen) atoms. The second-order valence-electron chi connectivity index (χ2n) is 6.33. The van der Waals surface area contributed by atoms with E-state index in [2.05, 4.69) is 14.7 Å². The molecule has 1 aliphatic heterocycles. The molecular weight excluding hydrogens is 367 g/mol. The summed E-state index contributed by atoms with van der Waals surface area (Å²) in [5.41, 5.74) is 0.681. The minimum absolute atomic E-state index is 0.0648. The van der Waals surface area contributed by atoms with Crippen molar-refractivity contribution in [3.05, 3.63) is 35.7 Å². The molecule has 1 aromatic heterocycles. The fourth-order valence-electron chi connectivity index (χ4n) is 2.99. The lowest BCUT2D eigenvalue weighted by molar-refractivity contribution is -0.159. The number of aliphatic carboxylic acids is 1. The van der Waals surface area contributed by atoms with Gasteiger partial charge in [-0.1, -0.05) is 17.3 Å². The number of hydrogen-bond donors (Lipinski definition) is 1. The third-order valence-electron chi connectivity index (χ3n) is 4.42. The predicted octanol–water partition coefficient (Wildman–Crippen LogP) is 3.08. The van der Waals surface area contributed by atoms with Crippen LogP contribution in [0.5, 0.6) is 0 Å². The molecule has 1 aromatic carbocycles. The maximum atomic E-state index is 12.5. The fourth-order valence-corrected chi connectivity index (χ4v) is 2.99. The van der Waals surface area contributed by atoms with E-state index in [0.717, 1.165) is 0 Å². The number of halogens is 3. The highest BCUT2D eigenvalue weighted by atomic mass is 19.4. The number of likely N-dealkylation sites (tertiary alicyclic amines) is 1. The first-order valence-corrected chi connectivity index (χ1v) is 8.26. The summed E-state index contributed by atoms with van der Waals surface area (Å²) >= 11 is 0. The number of hydrogen-bond acceptors (Lipinski definition) is 5. The van der Waals surface area contributed by atoms with Crippen LogP contribution in [0.4, 0.5) is 13.2 Å². The number of nitrogens with zero attached hydrogens (tertiary/aromatic N) is 3. The number of carbonyl (C=O) groups excluding carboxylic acids is 1. The van der Waals surface area contributed by atoms with Gasteiger partial charge in [0.05, 0.1) is 0 Å². The molecule has 0 atom stereocenters. The van der Waals surface area contributed by atoms with Crippen molar-refractivity contribution < 1.29 is 32.4 Å². The summed E-state index contributed by atoms with van der Waals surface area (Å²) in [5.74, 6) is -2.63. The second kappa shape index (κ2) is 7.37. The van der Waals surface area contributed by atoms with Gasteiger partial charge in [0.1, 0.15) is 0 Å². The summed E-state index contributed by atoms with van der Waals surface area (Å²) in [6.45, 7) is 0.941. The number of benzene rings is 1. The molecule has 2 heterocycles. The number of carbonyl (C=O) groups is 2. The number of carboxylic acids is 1. The van der Waals surface area contributed by atoms with Crippen LogP contribution in [0.15, 0.2) is 28.8 Å². The maximum absolute atomic E-state index is 12.5. The lowest BCUT2D eigenvalue weighted by Gasteiger charge is -2.31. The van der Waals surface area contributed by atoms with E-state index in [0.29, 0.717) is 37.1 Å². The molecule has 10 heteroatoms. The Balaban J connectivity index is 1.64. The largest absolute Gasteiger partial charge is 0.481 e. The fraction of sp³-hybridized carbons (Fsp3) is 0.412. The van der Waals surface area contributed by atoms with Crippen LogP contribution in [0.2, 0.25) is 0 Å². The highest BCUT2D eigenvalue weighted by Gasteiger charge is 2.38. The van der Waals surface area contributed by atoms with E-state index in [1.54, 1.807) is 4.90 Å². The monoisotopic (exact) mass is 383 g/mol. The molecule has 1 saturated heterocycles. The average molecular weight is 383 g/mol. The van der Waals surface area contributed by atoms with Crippen LogP contribution in [0.3, 0.4) is 0 Å². The SMILES string of the molecule is O=C(O)CC1CCN(C(=O)c2ccc(-c3noc(C(F)(F)F)n3)cc2)CC1. The van der Waals surface area contributed by atoms with Gasteiger partial charge in [0, 0.05) is 30.6 Å². The molecule has 0 unspecified atom stereocenters. The zero-order chi connectivity index (χ0) is 19.6. The zero-order valence-corrected chi connectivity index (χ0v) is 14.1. The minimum atomic E-state index is -4.71. The molecule has 1 N–H and O–H groups in total. The Morgan fingerprint density at radius 2 is 1.81 bits per heavy atom. The highest BCUT2D eigenvalue weighted by molar-refractivity contribution is 5.94. The number of carboxylic acid groups (broad SMARTS) is 1. The molecule has 0 radical (unpaired) electrons. The van der Waals surface area contributed by atoms with Gasteiger partial charge in [-0.2, -0.15) is 18.2 Å². The lowest BCUT2D eigenvalue weighted by atomic mass is 9.93. The maximum Gasteiger partial charge on any atom is 0.471 e. The van der Waals surface area contributed by atoms with Gasteiger partial charge in [-0.05, 0) is 30.9 Å². The molecule has 3 rings (SSSR count). The van der Waals surface area contributed by atoms with E-state index in [1.807, 2.05) is 0 Å². The van der Waals surface area contributed by atoms with Crippen molar-refractivity contribution in [2.45, 2.75) is 25.4 Å². The van der Waals surface area contributed by atoms with Crippen molar-refractivity contribution in [3.8, 4) is 11.4 Å². The predicted molar refractivity (Wildman–Crippen MR) is 85.6 cm³/mol. The molecule has 1 aliphatic rings. The van der Waals surface area contributed by atoms with Crippen molar-refractivity contribution in [1.82, 2.24) is 15.0 Å². The number of alkyl halides is 3. The van der Waals surface area contributed by atoms with Crippen LogP contribution < -0.4 is 0 Å². The Labute approximate surface area is 151 Å². The Kier molecular flexibility index (Phi) is 5.15. The lowest BCUT2D eigenvalue weighted by Crippen LogP contribution is -2.38. The molecule has 2 aromatic rings. The van der Waals surface area contributed by atoms with E-state index >= 15 is 0 Å². The van der Waals surface area contributed by atoms with Gasteiger partial charge in [-0.15, -0.1) is 0 Å². The Hall–Kier alpha value is -2.91. The summed E-state index contributed by atoms with van der Waals surface area (Å²) in [4.78, 5) is 28.2. The van der Waals surface area contributed by atoms with Crippen molar-refractivity contribution in [2.75, 3.05) is 13.1 Å². The Bertz CT molecular complexity index is 825. The van der Waals surface area contributed by atoms with Crippen LogP contribution in [-0.4, -0.2) is 45.1 Å². The van der Waals surface area contributed by atoms with Crippen LogP contribution in [0, 0.1) is 5.92 Å². The van der Waals surface area contributed by atoms with Crippen LogP contribution in [0.1, 0.15) is 35.5 Å². The Morgan fingerprint density at radius 3 is 2.33 bits per heavy atom. The van der Waals surface area contributed by atoms with Crippen LogP contribution in [-0.2, 0) is 11.0 Å². The third kappa shape index (κ3) is 4.44. The number of aromatic nitrogens is 2. The molecule has 1 fully saturated rings. The Morgan fingerprint density at radius 1 is 1.19 bits per heavy atom. The van der Waals surface area contributed by atoms with Gasteiger partial charge < -0.3 is 14.5 Å². The molecule has 7 nitrogen and oxygen atoms in total. The topological polar surface area (TPSA) is 96.5 Å². The zero-order valence-electron chi connectivity index (χ0n) is 14.1. The number of piperidine rings is 1. The number of amides is 1. The molecule has 144 valence electrons. The van der Waals surface area contributed by atoms with E-state index in [1.165, 1.54) is 24.3 Å². The van der Waals surface area contributed by atoms with Gasteiger partial charge in [0.15, 0.2) is 0 Å². The van der Waals surface area contributed by atoms with E-state index in [-0.39, 0.29) is 24.1 Å². The molecule has 0 bridgehead atoms. The van der Waals surface area contributed by atoms with Gasteiger partial charge in [0.2, 0.25) is 5.82 Å². The number of rotatable bonds is 4. The van der Waals surface area contributed by atoms with Crippen molar-refractivity contribution in [2.24, 2.45) is 5.92 Å². The standard InChI is InChI=1S/C17H16F3N3O4/c18-17(19,20)16-21-14(22-27-16)11-1-3-12(4-2-11)15(26)23-7-5-10(6-8-23)9-13(24)25/h1-4,10H,5-9H2,(H,24,25). The summed E-state index contributed by atoms with van der Waals surface area (Å²) < 4.78 is 41.7.